The molecule has 4 N–H and O–H groups in total. The molecule has 6 nitrogen and oxygen atoms in total. The largest absolute Gasteiger partial charge is 0.283 e. The van der Waals surface area contributed by atoms with Crippen LogP contribution in [0.2, 0.25) is 0 Å². The van der Waals surface area contributed by atoms with E-state index in [1.807, 2.05) is 12.1 Å². The standard InChI is InChI=1S/C18H23N5OS2/c1-11(2)13-9-15(18(19)21-7-4-8-23(18)20)22-17-14(13)10-16(25-17)26(24)12-5-3-6-12/h4,7-12H,3,5-6,19-20H2,1-2H3. The molecule has 1 aliphatic heterocycles. The molecule has 1 fully saturated rings. The topological polar surface area (TPSA) is 97.6 Å². The maximum Gasteiger partial charge on any atom is 0.241 e. The predicted molar refractivity (Wildman–Crippen MR) is 107 cm³/mol. The Morgan fingerprint density at radius 3 is 2.77 bits per heavy atom. The first kappa shape index (κ1) is 17.8. The van der Waals surface area contributed by atoms with Crippen LogP contribution in [0.1, 0.15) is 50.3 Å². The van der Waals surface area contributed by atoms with Crippen LogP contribution in [-0.4, -0.2) is 25.7 Å². The number of allylic oxidation sites excluding steroid dienone is 1. The number of fused-ring (bicyclic) bond motifs is 1. The molecule has 0 saturated heterocycles. The summed E-state index contributed by atoms with van der Waals surface area (Å²) in [5.41, 5.74) is 8.19. The Labute approximate surface area is 159 Å². The van der Waals surface area contributed by atoms with Gasteiger partial charge in [-0.3, -0.25) is 15.0 Å². The number of hydrogen-bond acceptors (Lipinski definition) is 7. The Morgan fingerprint density at radius 2 is 2.15 bits per heavy atom. The fourth-order valence-corrected chi connectivity index (χ4v) is 6.29. The molecule has 138 valence electrons. The fraction of sp³-hybridized carbons (Fsp3) is 0.444. The number of hydrazine groups is 1. The molecule has 1 saturated carbocycles. The number of hydrogen-bond donors (Lipinski definition) is 2. The first-order chi connectivity index (χ1) is 12.4. The average molecular weight is 390 g/mol. The highest BCUT2D eigenvalue weighted by Gasteiger charge is 2.35. The summed E-state index contributed by atoms with van der Waals surface area (Å²) in [6.45, 7) is 4.26. The van der Waals surface area contributed by atoms with Crippen molar-refractivity contribution >= 4 is 38.6 Å². The van der Waals surface area contributed by atoms with Crippen molar-refractivity contribution in [2.75, 3.05) is 0 Å². The molecular weight excluding hydrogens is 366 g/mol. The lowest BCUT2D eigenvalue weighted by Gasteiger charge is -2.34. The molecule has 2 unspecified atom stereocenters. The van der Waals surface area contributed by atoms with Gasteiger partial charge >= 0.3 is 0 Å². The molecule has 0 radical (unpaired) electrons. The third-order valence-electron chi connectivity index (χ3n) is 5.07. The van der Waals surface area contributed by atoms with E-state index < -0.39 is 16.6 Å². The number of thiophene rings is 1. The van der Waals surface area contributed by atoms with Crippen LogP contribution in [0.4, 0.5) is 0 Å². The molecule has 0 amide bonds. The minimum atomic E-state index is -1.23. The van der Waals surface area contributed by atoms with Gasteiger partial charge in [-0.15, -0.1) is 11.3 Å². The third-order valence-corrected chi connectivity index (χ3v) is 8.22. The van der Waals surface area contributed by atoms with E-state index in [9.17, 15) is 4.21 Å². The quantitative estimate of drug-likeness (QED) is 0.784. The summed E-state index contributed by atoms with van der Waals surface area (Å²) in [5.74, 6) is 5.10. The molecule has 2 atom stereocenters. The predicted octanol–water partition coefficient (Wildman–Crippen LogP) is 2.92. The van der Waals surface area contributed by atoms with Gasteiger partial charge in [0, 0.05) is 23.1 Å². The van der Waals surface area contributed by atoms with Crippen LogP contribution in [0.15, 0.2) is 33.6 Å². The first-order valence-corrected chi connectivity index (χ1v) is 10.8. The minimum absolute atomic E-state index is 0.275. The van der Waals surface area contributed by atoms with Gasteiger partial charge in [0.2, 0.25) is 5.79 Å². The second kappa shape index (κ2) is 6.53. The van der Waals surface area contributed by atoms with Crippen LogP contribution in [0.25, 0.3) is 10.2 Å². The van der Waals surface area contributed by atoms with Crippen molar-refractivity contribution in [3.05, 3.63) is 35.7 Å². The van der Waals surface area contributed by atoms with Crippen LogP contribution in [-0.2, 0) is 16.6 Å². The maximum atomic E-state index is 12.8. The van der Waals surface area contributed by atoms with E-state index in [1.165, 1.54) is 22.8 Å². The number of nitrogens with zero attached hydrogens (tertiary/aromatic N) is 3. The van der Waals surface area contributed by atoms with Crippen LogP contribution in [0, 0.1) is 0 Å². The van der Waals surface area contributed by atoms with Crippen LogP contribution in [0.3, 0.4) is 0 Å². The highest BCUT2D eigenvalue weighted by atomic mass is 32.2. The molecule has 2 aromatic heterocycles. The summed E-state index contributed by atoms with van der Waals surface area (Å²) in [4.78, 5) is 9.97. The Balaban J connectivity index is 1.84. The molecule has 8 heteroatoms. The van der Waals surface area contributed by atoms with Crippen molar-refractivity contribution in [2.45, 2.75) is 54.3 Å². The van der Waals surface area contributed by atoms with E-state index in [0.29, 0.717) is 10.9 Å². The summed E-state index contributed by atoms with van der Waals surface area (Å²) < 4.78 is 13.7. The van der Waals surface area contributed by atoms with E-state index in [4.69, 9.17) is 16.6 Å². The van der Waals surface area contributed by atoms with E-state index in [2.05, 4.69) is 18.8 Å². The Kier molecular flexibility index (Phi) is 4.46. The Hall–Kier alpha value is -1.61. The van der Waals surface area contributed by atoms with Gasteiger partial charge in [0.1, 0.15) is 10.5 Å². The molecule has 26 heavy (non-hydrogen) atoms. The van der Waals surface area contributed by atoms with E-state index in [0.717, 1.165) is 32.8 Å². The van der Waals surface area contributed by atoms with Crippen molar-refractivity contribution < 1.29 is 4.21 Å². The molecule has 0 bridgehead atoms. The molecule has 0 spiro atoms. The smallest absolute Gasteiger partial charge is 0.241 e. The number of pyridine rings is 1. The van der Waals surface area contributed by atoms with Crippen molar-refractivity contribution in [3.63, 3.8) is 0 Å². The van der Waals surface area contributed by atoms with E-state index >= 15 is 0 Å². The van der Waals surface area contributed by atoms with Gasteiger partial charge in [0.25, 0.3) is 0 Å². The van der Waals surface area contributed by atoms with Gasteiger partial charge in [0.15, 0.2) is 0 Å². The number of rotatable bonds is 4. The molecular formula is C18H23N5OS2. The fourth-order valence-electron chi connectivity index (χ4n) is 3.20. The summed E-state index contributed by atoms with van der Waals surface area (Å²) >= 11 is 1.50. The summed E-state index contributed by atoms with van der Waals surface area (Å²) in [7, 11) is -0.953. The van der Waals surface area contributed by atoms with Crippen molar-refractivity contribution in [3.8, 4) is 0 Å². The summed E-state index contributed by atoms with van der Waals surface area (Å²) in [6.07, 6.45) is 8.32. The van der Waals surface area contributed by atoms with Gasteiger partial charge in [-0.25, -0.2) is 15.8 Å². The van der Waals surface area contributed by atoms with Gasteiger partial charge in [-0.1, -0.05) is 20.3 Å². The van der Waals surface area contributed by atoms with Gasteiger partial charge in [-0.2, -0.15) is 0 Å². The molecule has 3 heterocycles. The summed E-state index contributed by atoms with van der Waals surface area (Å²) in [6, 6.07) is 4.03. The van der Waals surface area contributed by atoms with Crippen LogP contribution < -0.4 is 11.6 Å². The Morgan fingerprint density at radius 1 is 1.38 bits per heavy atom. The first-order valence-electron chi connectivity index (χ1n) is 8.80. The number of aromatic nitrogens is 1. The number of nitrogens with two attached hydrogens (primary N) is 2. The molecule has 1 aliphatic carbocycles. The normalized spacial score (nSPS) is 24.4. The monoisotopic (exact) mass is 389 g/mol. The van der Waals surface area contributed by atoms with E-state index in [1.54, 1.807) is 18.5 Å². The van der Waals surface area contributed by atoms with Gasteiger partial charge < -0.3 is 0 Å². The lowest BCUT2D eigenvalue weighted by atomic mass is 9.99. The van der Waals surface area contributed by atoms with Crippen molar-refractivity contribution in [2.24, 2.45) is 16.6 Å². The lowest BCUT2D eigenvalue weighted by molar-refractivity contribution is 0.155. The zero-order valence-corrected chi connectivity index (χ0v) is 16.5. The van der Waals surface area contributed by atoms with Gasteiger partial charge in [0.05, 0.1) is 15.0 Å². The second-order valence-corrected chi connectivity index (χ2v) is 10.1. The molecule has 2 aliphatic rings. The zero-order valence-electron chi connectivity index (χ0n) is 14.9. The SMILES string of the molecule is CC(C)c1cc(C2(N)N=CC=CN2N)nc2sc(S(=O)C3CCC3)cc12. The van der Waals surface area contributed by atoms with E-state index in [-0.39, 0.29) is 5.92 Å². The number of aliphatic imine (C=N–C) groups is 1. The van der Waals surface area contributed by atoms with Crippen molar-refractivity contribution in [1.82, 2.24) is 9.99 Å². The van der Waals surface area contributed by atoms with Gasteiger partial charge in [-0.05, 0) is 42.5 Å². The second-order valence-electron chi connectivity index (χ2n) is 7.14. The average Bonchev–Trinajstić information content (AvgIpc) is 2.99. The highest BCUT2D eigenvalue weighted by molar-refractivity contribution is 7.88. The van der Waals surface area contributed by atoms with Crippen LogP contribution in [0.5, 0.6) is 0 Å². The third kappa shape index (κ3) is 2.81. The lowest BCUT2D eigenvalue weighted by Crippen LogP contribution is -2.54. The van der Waals surface area contributed by atoms with Crippen molar-refractivity contribution in [1.29, 1.82) is 0 Å². The molecule has 2 aromatic rings. The Bertz CT molecular complexity index is 931. The molecule has 4 rings (SSSR count). The minimum Gasteiger partial charge on any atom is -0.283 e. The highest BCUT2D eigenvalue weighted by Crippen LogP contribution is 2.38. The zero-order chi connectivity index (χ0) is 18.5. The summed E-state index contributed by atoms with van der Waals surface area (Å²) in [5, 5.41) is 2.71. The van der Waals surface area contributed by atoms with Crippen LogP contribution >= 0.6 is 11.3 Å². The maximum absolute atomic E-state index is 12.8. The molecule has 0 aromatic carbocycles.